The van der Waals surface area contributed by atoms with Crippen molar-refractivity contribution < 1.29 is 14.6 Å². The Kier molecular flexibility index (Phi) is 6.19. The lowest BCUT2D eigenvalue weighted by Gasteiger charge is -2.06. The standard InChI is InChI=1S/C20H18N4O3S/c1-27-14-7-8-16-17(9-14)24-20(23-16)28-12-18(25)15(10-21)19(26)22-11-13-5-3-2-4-6-13/h2-9,25H,11-12H2,1H3,(H,22,26)(H,23,24)/b18-15-. The van der Waals surface area contributed by atoms with E-state index in [-0.39, 0.29) is 23.6 Å². The van der Waals surface area contributed by atoms with E-state index < -0.39 is 5.91 Å². The number of carbonyl (C=O) groups is 1. The summed E-state index contributed by atoms with van der Waals surface area (Å²) in [4.78, 5) is 19.7. The molecule has 28 heavy (non-hydrogen) atoms. The van der Waals surface area contributed by atoms with Gasteiger partial charge in [0.2, 0.25) is 0 Å². The van der Waals surface area contributed by atoms with Crippen LogP contribution in [0.3, 0.4) is 0 Å². The number of hydrogen-bond donors (Lipinski definition) is 3. The first-order valence-corrected chi connectivity index (χ1v) is 9.40. The van der Waals surface area contributed by atoms with E-state index in [1.807, 2.05) is 42.5 Å². The molecule has 0 aliphatic heterocycles. The number of carbonyl (C=O) groups excluding carboxylic acids is 1. The van der Waals surface area contributed by atoms with Gasteiger partial charge in [-0.2, -0.15) is 5.26 Å². The highest BCUT2D eigenvalue weighted by Gasteiger charge is 2.16. The number of thioether (sulfide) groups is 1. The number of methoxy groups -OCH3 is 1. The van der Waals surface area contributed by atoms with Gasteiger partial charge < -0.3 is 20.1 Å². The van der Waals surface area contributed by atoms with Crippen molar-refractivity contribution in [1.82, 2.24) is 15.3 Å². The lowest BCUT2D eigenvalue weighted by Crippen LogP contribution is -2.25. The Bertz CT molecular complexity index is 1050. The van der Waals surface area contributed by atoms with E-state index in [9.17, 15) is 15.2 Å². The van der Waals surface area contributed by atoms with E-state index in [2.05, 4.69) is 15.3 Å². The summed E-state index contributed by atoms with van der Waals surface area (Å²) >= 11 is 1.20. The Balaban J connectivity index is 1.65. The highest BCUT2D eigenvalue weighted by atomic mass is 32.2. The van der Waals surface area contributed by atoms with Crippen molar-refractivity contribution in [2.45, 2.75) is 11.7 Å². The largest absolute Gasteiger partial charge is 0.510 e. The number of aromatic amines is 1. The van der Waals surface area contributed by atoms with Gasteiger partial charge in [0, 0.05) is 12.6 Å². The Morgan fingerprint density at radius 1 is 1.32 bits per heavy atom. The van der Waals surface area contributed by atoms with Crippen LogP contribution in [0.25, 0.3) is 11.0 Å². The maximum Gasteiger partial charge on any atom is 0.265 e. The summed E-state index contributed by atoms with van der Waals surface area (Å²) in [5.41, 5.74) is 2.15. The fourth-order valence-corrected chi connectivity index (χ4v) is 3.25. The molecule has 0 saturated carbocycles. The minimum Gasteiger partial charge on any atom is -0.510 e. The summed E-state index contributed by atoms with van der Waals surface area (Å²) in [6, 6.07) is 16.5. The van der Waals surface area contributed by atoms with Gasteiger partial charge in [-0.3, -0.25) is 4.79 Å². The van der Waals surface area contributed by atoms with Crippen molar-refractivity contribution >= 4 is 28.7 Å². The second-order valence-electron chi connectivity index (χ2n) is 5.82. The maximum absolute atomic E-state index is 12.2. The first-order chi connectivity index (χ1) is 13.6. The van der Waals surface area contributed by atoms with Gasteiger partial charge in [0.25, 0.3) is 5.91 Å². The fourth-order valence-electron chi connectivity index (χ4n) is 2.48. The zero-order valence-corrected chi connectivity index (χ0v) is 15.9. The highest BCUT2D eigenvalue weighted by molar-refractivity contribution is 7.99. The zero-order valence-electron chi connectivity index (χ0n) is 15.1. The Morgan fingerprint density at radius 3 is 2.82 bits per heavy atom. The van der Waals surface area contributed by atoms with E-state index in [1.54, 1.807) is 19.2 Å². The molecule has 0 atom stereocenters. The molecule has 0 aliphatic carbocycles. The van der Waals surface area contributed by atoms with Crippen LogP contribution in [0.15, 0.2) is 65.0 Å². The quantitative estimate of drug-likeness (QED) is 0.245. The molecule has 2 aromatic carbocycles. The number of nitriles is 1. The van der Waals surface area contributed by atoms with Crippen molar-refractivity contribution in [2.75, 3.05) is 12.9 Å². The van der Waals surface area contributed by atoms with Gasteiger partial charge in [-0.25, -0.2) is 4.98 Å². The lowest BCUT2D eigenvalue weighted by atomic mass is 10.2. The molecule has 3 N–H and O–H groups in total. The van der Waals surface area contributed by atoms with E-state index in [0.717, 1.165) is 16.6 Å². The third-order valence-corrected chi connectivity index (χ3v) is 4.82. The van der Waals surface area contributed by atoms with Gasteiger partial charge in [0.15, 0.2) is 10.7 Å². The lowest BCUT2D eigenvalue weighted by molar-refractivity contribution is -0.117. The summed E-state index contributed by atoms with van der Waals surface area (Å²) in [5.74, 6) is -0.161. The number of aliphatic hydroxyl groups is 1. The molecule has 1 amide bonds. The molecule has 1 heterocycles. The number of imidazole rings is 1. The summed E-state index contributed by atoms with van der Waals surface area (Å²) in [7, 11) is 1.59. The highest BCUT2D eigenvalue weighted by Crippen LogP contribution is 2.24. The first kappa shape index (κ1) is 19.3. The molecule has 142 valence electrons. The molecule has 0 unspecified atom stereocenters. The van der Waals surface area contributed by atoms with E-state index in [1.165, 1.54) is 11.8 Å². The van der Waals surface area contributed by atoms with E-state index >= 15 is 0 Å². The normalized spacial score (nSPS) is 11.6. The predicted octanol–water partition coefficient (Wildman–Crippen LogP) is 3.32. The molecule has 7 nitrogen and oxygen atoms in total. The zero-order chi connectivity index (χ0) is 19.9. The second-order valence-corrected chi connectivity index (χ2v) is 6.78. The molecule has 0 saturated heterocycles. The van der Waals surface area contributed by atoms with Gasteiger partial charge in [-0.1, -0.05) is 42.1 Å². The average molecular weight is 394 g/mol. The van der Waals surface area contributed by atoms with Crippen LogP contribution in [-0.2, 0) is 11.3 Å². The van der Waals surface area contributed by atoms with Crippen LogP contribution in [0, 0.1) is 11.3 Å². The number of amides is 1. The Hall–Kier alpha value is -3.44. The summed E-state index contributed by atoms with van der Waals surface area (Å²) in [6.45, 7) is 0.274. The van der Waals surface area contributed by atoms with Gasteiger partial charge in [-0.15, -0.1) is 0 Å². The Morgan fingerprint density at radius 2 is 2.11 bits per heavy atom. The molecule has 8 heteroatoms. The number of aliphatic hydroxyl groups excluding tert-OH is 1. The summed E-state index contributed by atoms with van der Waals surface area (Å²) in [5, 5.41) is 22.7. The van der Waals surface area contributed by atoms with Crippen molar-refractivity contribution in [3.8, 4) is 11.8 Å². The number of nitrogens with zero attached hydrogens (tertiary/aromatic N) is 2. The number of rotatable bonds is 7. The number of fused-ring (bicyclic) bond motifs is 1. The van der Waals surface area contributed by atoms with Crippen LogP contribution in [0.1, 0.15) is 5.56 Å². The van der Waals surface area contributed by atoms with Crippen LogP contribution in [-0.4, -0.2) is 33.8 Å². The molecule has 1 aromatic heterocycles. The number of benzene rings is 2. The molecular formula is C20H18N4O3S. The van der Waals surface area contributed by atoms with E-state index in [4.69, 9.17) is 4.74 Å². The van der Waals surface area contributed by atoms with E-state index in [0.29, 0.717) is 10.9 Å². The number of ether oxygens (including phenoxy) is 1. The van der Waals surface area contributed by atoms with Crippen LogP contribution >= 0.6 is 11.8 Å². The molecular weight excluding hydrogens is 376 g/mol. The Labute approximate surface area is 166 Å². The van der Waals surface area contributed by atoms with Crippen molar-refractivity contribution in [3.05, 3.63) is 65.4 Å². The summed E-state index contributed by atoms with van der Waals surface area (Å²) in [6.07, 6.45) is 0. The van der Waals surface area contributed by atoms with Crippen LogP contribution < -0.4 is 10.1 Å². The monoisotopic (exact) mass is 394 g/mol. The third kappa shape index (κ3) is 4.64. The van der Waals surface area contributed by atoms with Gasteiger partial charge in [0.1, 0.15) is 17.6 Å². The topological polar surface area (TPSA) is 111 Å². The number of nitrogens with one attached hydrogen (secondary N) is 2. The molecule has 0 fully saturated rings. The smallest absolute Gasteiger partial charge is 0.265 e. The van der Waals surface area contributed by atoms with Crippen LogP contribution in [0.2, 0.25) is 0 Å². The second kappa shape index (κ2) is 8.97. The molecule has 0 radical (unpaired) electrons. The fraction of sp³-hybridized carbons (Fsp3) is 0.150. The van der Waals surface area contributed by atoms with Crippen molar-refractivity contribution in [2.24, 2.45) is 0 Å². The minimum absolute atomic E-state index is 0.0403. The number of H-pyrrole nitrogens is 1. The van der Waals surface area contributed by atoms with Crippen LogP contribution in [0.4, 0.5) is 0 Å². The number of aromatic nitrogens is 2. The molecule has 3 aromatic rings. The molecule has 0 aliphatic rings. The van der Waals surface area contributed by atoms with Gasteiger partial charge >= 0.3 is 0 Å². The number of hydrogen-bond acceptors (Lipinski definition) is 6. The van der Waals surface area contributed by atoms with Gasteiger partial charge in [-0.05, 0) is 17.7 Å². The maximum atomic E-state index is 12.2. The third-order valence-electron chi connectivity index (χ3n) is 3.94. The predicted molar refractivity (Wildman–Crippen MR) is 107 cm³/mol. The molecule has 0 bridgehead atoms. The van der Waals surface area contributed by atoms with Crippen molar-refractivity contribution in [3.63, 3.8) is 0 Å². The average Bonchev–Trinajstić information content (AvgIpc) is 3.14. The molecule has 3 rings (SSSR count). The summed E-state index contributed by atoms with van der Waals surface area (Å²) < 4.78 is 5.17. The first-order valence-electron chi connectivity index (χ1n) is 8.41. The van der Waals surface area contributed by atoms with Crippen LogP contribution in [0.5, 0.6) is 5.75 Å². The molecule has 0 spiro atoms. The van der Waals surface area contributed by atoms with Gasteiger partial charge in [0.05, 0.1) is 23.9 Å². The van der Waals surface area contributed by atoms with Crippen molar-refractivity contribution in [1.29, 1.82) is 5.26 Å². The SMILES string of the molecule is COc1ccc2nc(SC/C(O)=C(\C#N)C(=O)NCc3ccccc3)[nH]c2c1. The minimum atomic E-state index is -0.612.